The summed E-state index contributed by atoms with van der Waals surface area (Å²) in [6.45, 7) is 1.26. The lowest BCUT2D eigenvalue weighted by Gasteiger charge is -2.13. The van der Waals surface area contributed by atoms with E-state index in [4.69, 9.17) is 0 Å². The molecule has 2 rings (SSSR count). The summed E-state index contributed by atoms with van der Waals surface area (Å²) in [7, 11) is 4.94. The fraction of sp³-hybridized carbons (Fsp3) is 0.357. The van der Waals surface area contributed by atoms with Crippen LogP contribution in [0, 0.1) is 6.92 Å². The topological polar surface area (TPSA) is 63.1 Å². The van der Waals surface area contributed by atoms with Crippen LogP contribution in [0.5, 0.6) is 0 Å². The highest BCUT2D eigenvalue weighted by Crippen LogP contribution is 2.33. The van der Waals surface area contributed by atoms with Crippen LogP contribution < -0.4 is 10.2 Å². The second-order valence-electron chi connectivity index (χ2n) is 5.19. The van der Waals surface area contributed by atoms with Gasteiger partial charge in [0.05, 0.1) is 0 Å². The highest BCUT2D eigenvalue weighted by molar-refractivity contribution is 6.03. The van der Waals surface area contributed by atoms with E-state index >= 15 is 0 Å². The zero-order valence-electron chi connectivity index (χ0n) is 13.1. The van der Waals surface area contributed by atoms with E-state index in [0.29, 0.717) is 0 Å². The van der Waals surface area contributed by atoms with Gasteiger partial charge >= 0.3 is 6.18 Å². The van der Waals surface area contributed by atoms with Crippen molar-refractivity contribution < 1.29 is 18.0 Å². The molecule has 124 valence electrons. The largest absolute Gasteiger partial charge is 0.435 e. The summed E-state index contributed by atoms with van der Waals surface area (Å²) in [5, 5.41) is 5.86. The van der Waals surface area contributed by atoms with Crippen molar-refractivity contribution in [2.75, 3.05) is 24.3 Å². The molecule has 0 spiro atoms. The molecule has 1 amide bonds. The number of nitrogens with one attached hydrogen (secondary N) is 1. The zero-order valence-corrected chi connectivity index (χ0v) is 13.1. The molecule has 0 unspecified atom stereocenters. The van der Waals surface area contributed by atoms with Crippen molar-refractivity contribution in [3.63, 3.8) is 0 Å². The average molecular weight is 327 g/mol. The Labute approximate surface area is 130 Å². The summed E-state index contributed by atoms with van der Waals surface area (Å²) in [6, 6.07) is 3.26. The molecule has 0 radical (unpaired) electrons. The molecule has 0 bridgehead atoms. The summed E-state index contributed by atoms with van der Waals surface area (Å²) in [5.74, 6) is -0.618. The minimum absolute atomic E-state index is 0.0145. The van der Waals surface area contributed by atoms with Gasteiger partial charge in [0.1, 0.15) is 11.5 Å². The maximum Gasteiger partial charge on any atom is 0.435 e. The second kappa shape index (κ2) is 5.90. The van der Waals surface area contributed by atoms with Crippen molar-refractivity contribution in [2.24, 2.45) is 7.05 Å². The van der Waals surface area contributed by atoms with E-state index in [9.17, 15) is 18.0 Å². The van der Waals surface area contributed by atoms with Gasteiger partial charge in [-0.15, -0.1) is 0 Å². The molecule has 2 aromatic rings. The smallest absolute Gasteiger partial charge is 0.378 e. The third-order valence-corrected chi connectivity index (χ3v) is 3.28. The van der Waals surface area contributed by atoms with Crippen LogP contribution in [0.15, 0.2) is 18.3 Å². The number of carbonyl (C=O) groups excluding carboxylic acids is 1. The summed E-state index contributed by atoms with van der Waals surface area (Å²) in [5.41, 5.74) is -0.310. The van der Waals surface area contributed by atoms with Crippen LogP contribution in [0.3, 0.4) is 0 Å². The van der Waals surface area contributed by atoms with Crippen molar-refractivity contribution in [3.05, 3.63) is 35.3 Å². The predicted octanol–water partition coefficient (Wildman–Crippen LogP) is 2.46. The quantitative estimate of drug-likeness (QED) is 0.941. The fourth-order valence-electron chi connectivity index (χ4n) is 2.07. The highest BCUT2D eigenvalue weighted by atomic mass is 19.4. The van der Waals surface area contributed by atoms with Crippen LogP contribution in [0.2, 0.25) is 0 Å². The third kappa shape index (κ3) is 3.43. The van der Waals surface area contributed by atoms with Crippen molar-refractivity contribution >= 4 is 17.4 Å². The Morgan fingerprint density at radius 2 is 2.00 bits per heavy atom. The van der Waals surface area contributed by atoms with Gasteiger partial charge in [-0.25, -0.2) is 0 Å². The number of carbonyl (C=O) groups is 1. The van der Waals surface area contributed by atoms with Gasteiger partial charge in [-0.1, -0.05) is 0 Å². The fourth-order valence-corrected chi connectivity index (χ4v) is 2.07. The Kier molecular flexibility index (Phi) is 4.31. The van der Waals surface area contributed by atoms with Gasteiger partial charge in [-0.3, -0.25) is 14.5 Å². The summed E-state index contributed by atoms with van der Waals surface area (Å²) >= 11 is 0. The normalized spacial score (nSPS) is 11.4. The van der Waals surface area contributed by atoms with Gasteiger partial charge in [0.2, 0.25) is 0 Å². The Bertz CT molecular complexity index is 736. The average Bonchev–Trinajstić information content (AvgIpc) is 2.75. The number of anilines is 2. The van der Waals surface area contributed by atoms with Crippen LogP contribution in [-0.2, 0) is 13.2 Å². The number of hydrogen-bond acceptors (Lipinski definition) is 4. The molecule has 0 fully saturated rings. The highest BCUT2D eigenvalue weighted by Gasteiger charge is 2.37. The van der Waals surface area contributed by atoms with Gasteiger partial charge in [-0.05, 0) is 19.1 Å². The summed E-state index contributed by atoms with van der Waals surface area (Å²) in [6.07, 6.45) is -3.12. The molecule has 0 atom stereocenters. The summed E-state index contributed by atoms with van der Waals surface area (Å²) in [4.78, 5) is 18.0. The summed E-state index contributed by atoms with van der Waals surface area (Å²) < 4.78 is 39.5. The molecular weight excluding hydrogens is 311 g/mol. The number of amides is 1. The standard InChI is InChI=1S/C14H16F3N5O/c1-8-11(14(15,16)17)20-22(4)12(8)19-13(23)10-7-9(21(2)3)5-6-18-10/h5-7H,1-4H3,(H,19,23). The number of aryl methyl sites for hydroxylation is 1. The van der Waals surface area contributed by atoms with E-state index in [1.807, 2.05) is 0 Å². The van der Waals surface area contributed by atoms with E-state index in [2.05, 4.69) is 15.4 Å². The van der Waals surface area contributed by atoms with Crippen molar-refractivity contribution in [3.8, 4) is 0 Å². The molecule has 9 heteroatoms. The Morgan fingerprint density at radius 3 is 2.52 bits per heavy atom. The maximum absolute atomic E-state index is 12.8. The molecule has 0 aliphatic rings. The number of rotatable bonds is 3. The molecule has 2 heterocycles. The lowest BCUT2D eigenvalue weighted by atomic mass is 10.2. The zero-order chi connectivity index (χ0) is 17.4. The van der Waals surface area contributed by atoms with Crippen molar-refractivity contribution in [1.82, 2.24) is 14.8 Å². The van der Waals surface area contributed by atoms with E-state index in [-0.39, 0.29) is 17.1 Å². The first-order chi connectivity index (χ1) is 10.6. The van der Waals surface area contributed by atoms with Crippen LogP contribution in [0.4, 0.5) is 24.7 Å². The van der Waals surface area contributed by atoms with Gasteiger partial charge < -0.3 is 10.2 Å². The SMILES string of the molecule is Cc1c(C(F)(F)F)nn(C)c1NC(=O)c1cc(N(C)C)ccn1. The van der Waals surface area contributed by atoms with Gasteiger partial charge in [0, 0.05) is 38.6 Å². The molecule has 23 heavy (non-hydrogen) atoms. The number of pyridine rings is 1. The molecule has 0 saturated heterocycles. The van der Waals surface area contributed by atoms with Crippen LogP contribution in [0.25, 0.3) is 0 Å². The molecule has 6 nitrogen and oxygen atoms in total. The Balaban J connectivity index is 2.31. The van der Waals surface area contributed by atoms with Crippen LogP contribution >= 0.6 is 0 Å². The van der Waals surface area contributed by atoms with E-state index < -0.39 is 17.8 Å². The minimum atomic E-state index is -4.58. The number of halogens is 3. The minimum Gasteiger partial charge on any atom is -0.378 e. The molecule has 0 aliphatic heterocycles. The van der Waals surface area contributed by atoms with E-state index in [0.717, 1.165) is 10.4 Å². The molecular formula is C14H16F3N5O. The Hall–Kier alpha value is -2.58. The number of alkyl halides is 3. The van der Waals surface area contributed by atoms with Gasteiger partial charge in [0.15, 0.2) is 5.69 Å². The van der Waals surface area contributed by atoms with Crippen LogP contribution in [-0.4, -0.2) is 34.8 Å². The first-order valence-corrected chi connectivity index (χ1v) is 6.66. The first-order valence-electron chi connectivity index (χ1n) is 6.66. The number of hydrogen-bond donors (Lipinski definition) is 1. The second-order valence-corrected chi connectivity index (χ2v) is 5.19. The lowest BCUT2D eigenvalue weighted by molar-refractivity contribution is -0.141. The number of nitrogens with zero attached hydrogens (tertiary/aromatic N) is 4. The molecule has 0 saturated carbocycles. The van der Waals surface area contributed by atoms with Gasteiger partial charge in [0.25, 0.3) is 5.91 Å². The predicted molar refractivity (Wildman–Crippen MR) is 79.5 cm³/mol. The van der Waals surface area contributed by atoms with Crippen molar-refractivity contribution in [1.29, 1.82) is 0 Å². The molecule has 0 aliphatic carbocycles. The third-order valence-electron chi connectivity index (χ3n) is 3.28. The van der Waals surface area contributed by atoms with E-state index in [1.165, 1.54) is 20.2 Å². The Morgan fingerprint density at radius 1 is 1.35 bits per heavy atom. The van der Waals surface area contributed by atoms with Gasteiger partial charge in [-0.2, -0.15) is 18.3 Å². The molecule has 2 aromatic heterocycles. The molecule has 0 aromatic carbocycles. The monoisotopic (exact) mass is 327 g/mol. The number of aromatic nitrogens is 3. The van der Waals surface area contributed by atoms with Crippen LogP contribution in [0.1, 0.15) is 21.7 Å². The lowest BCUT2D eigenvalue weighted by Crippen LogP contribution is -2.18. The first kappa shape index (κ1) is 16.8. The maximum atomic E-state index is 12.8. The van der Waals surface area contributed by atoms with Crippen molar-refractivity contribution in [2.45, 2.75) is 13.1 Å². The van der Waals surface area contributed by atoms with E-state index in [1.54, 1.807) is 31.1 Å². The molecule has 1 N–H and O–H groups in total.